The summed E-state index contributed by atoms with van der Waals surface area (Å²) in [7, 11) is 0. The van der Waals surface area contributed by atoms with Crippen molar-refractivity contribution in [3.8, 4) is 5.88 Å². The molecule has 0 fully saturated rings. The Kier molecular flexibility index (Phi) is 7.55. The van der Waals surface area contributed by atoms with E-state index in [2.05, 4.69) is 30.2 Å². The summed E-state index contributed by atoms with van der Waals surface area (Å²) in [5.41, 5.74) is 3.36. The van der Waals surface area contributed by atoms with Crippen LogP contribution < -0.4 is 10.1 Å². The van der Waals surface area contributed by atoms with Gasteiger partial charge in [0.2, 0.25) is 5.88 Å². The highest BCUT2D eigenvalue weighted by Gasteiger charge is 2.10. The van der Waals surface area contributed by atoms with Crippen LogP contribution in [-0.4, -0.2) is 30.8 Å². The van der Waals surface area contributed by atoms with Gasteiger partial charge in [0.15, 0.2) is 0 Å². The van der Waals surface area contributed by atoms with E-state index < -0.39 is 0 Å². The molecule has 1 N–H and O–H groups in total. The molecule has 0 saturated heterocycles. The van der Waals surface area contributed by atoms with Gasteiger partial charge in [0, 0.05) is 17.8 Å². The van der Waals surface area contributed by atoms with E-state index in [4.69, 9.17) is 9.47 Å². The molecule has 0 atom stereocenters. The predicted octanol–water partition coefficient (Wildman–Crippen LogP) is 3.00. The van der Waals surface area contributed by atoms with Crippen LogP contribution in [0.1, 0.15) is 44.0 Å². The fraction of sp³-hybridized carbons (Fsp3) is 0.688. The Morgan fingerprint density at radius 2 is 2.00 bits per heavy atom. The maximum Gasteiger partial charge on any atom is 0.218 e. The van der Waals surface area contributed by atoms with Gasteiger partial charge in [-0.25, -0.2) is 4.98 Å². The average Bonchev–Trinajstić information content (AvgIpc) is 2.37. The lowest BCUT2D eigenvalue weighted by Crippen LogP contribution is -2.18. The summed E-state index contributed by atoms with van der Waals surface area (Å²) in [6.45, 7) is 13.2. The van der Waals surface area contributed by atoms with E-state index in [1.807, 2.05) is 20.8 Å². The van der Waals surface area contributed by atoms with E-state index in [-0.39, 0.29) is 6.10 Å². The van der Waals surface area contributed by atoms with Crippen LogP contribution in [0.3, 0.4) is 0 Å². The summed E-state index contributed by atoms with van der Waals surface area (Å²) >= 11 is 0. The third-order valence-corrected chi connectivity index (χ3v) is 2.94. The summed E-state index contributed by atoms with van der Waals surface area (Å²) in [5, 5.41) is 3.41. The largest absolute Gasteiger partial charge is 0.475 e. The molecule has 0 aliphatic carbocycles. The normalized spacial score (nSPS) is 11.1. The third-order valence-electron chi connectivity index (χ3n) is 2.94. The third kappa shape index (κ3) is 5.88. The van der Waals surface area contributed by atoms with Gasteiger partial charge in [-0.3, -0.25) is 0 Å². The van der Waals surface area contributed by atoms with E-state index in [1.165, 1.54) is 5.56 Å². The number of nitrogens with zero attached hydrogens (tertiary/aromatic N) is 1. The lowest BCUT2D eigenvalue weighted by Gasteiger charge is -2.15. The Bertz CT molecular complexity index is 406. The van der Waals surface area contributed by atoms with E-state index in [1.54, 1.807) is 0 Å². The van der Waals surface area contributed by atoms with Crippen LogP contribution in [0.5, 0.6) is 5.88 Å². The number of rotatable bonds is 9. The number of pyridine rings is 1. The van der Waals surface area contributed by atoms with Gasteiger partial charge in [-0.1, -0.05) is 6.92 Å². The Balaban J connectivity index is 2.65. The molecule has 1 aromatic heterocycles. The van der Waals surface area contributed by atoms with Crippen molar-refractivity contribution in [1.82, 2.24) is 10.3 Å². The predicted molar refractivity (Wildman–Crippen MR) is 82.3 cm³/mol. The van der Waals surface area contributed by atoms with Gasteiger partial charge in [-0.2, -0.15) is 0 Å². The van der Waals surface area contributed by atoms with Gasteiger partial charge >= 0.3 is 0 Å². The highest BCUT2D eigenvalue weighted by atomic mass is 16.5. The molecule has 0 aliphatic rings. The van der Waals surface area contributed by atoms with Crippen molar-refractivity contribution >= 4 is 0 Å². The van der Waals surface area contributed by atoms with Crippen molar-refractivity contribution in [2.24, 2.45) is 0 Å². The monoisotopic (exact) mass is 280 g/mol. The number of hydrogen-bond donors (Lipinski definition) is 1. The van der Waals surface area contributed by atoms with Crippen LogP contribution in [0, 0.1) is 13.8 Å². The van der Waals surface area contributed by atoms with Gasteiger partial charge in [-0.15, -0.1) is 0 Å². The summed E-state index contributed by atoms with van der Waals surface area (Å²) < 4.78 is 11.3. The van der Waals surface area contributed by atoms with Crippen molar-refractivity contribution < 1.29 is 9.47 Å². The molecule has 0 bridgehead atoms. The molecule has 114 valence electrons. The first-order valence-corrected chi connectivity index (χ1v) is 7.46. The lowest BCUT2D eigenvalue weighted by atomic mass is 10.1. The second-order valence-electron chi connectivity index (χ2n) is 5.31. The van der Waals surface area contributed by atoms with Gasteiger partial charge in [0.25, 0.3) is 0 Å². The number of aryl methyl sites for hydroxylation is 2. The Hall–Kier alpha value is -1.13. The Morgan fingerprint density at radius 3 is 2.65 bits per heavy atom. The molecule has 0 spiro atoms. The zero-order valence-electron chi connectivity index (χ0n) is 13.5. The molecule has 0 aliphatic heterocycles. The zero-order chi connectivity index (χ0) is 15.0. The highest BCUT2D eigenvalue weighted by Crippen LogP contribution is 2.20. The second-order valence-corrected chi connectivity index (χ2v) is 5.31. The van der Waals surface area contributed by atoms with Crippen molar-refractivity contribution in [3.05, 3.63) is 22.9 Å². The fourth-order valence-electron chi connectivity index (χ4n) is 1.98. The minimum Gasteiger partial charge on any atom is -0.475 e. The van der Waals surface area contributed by atoms with Crippen LogP contribution in [0.2, 0.25) is 0 Å². The number of aromatic nitrogens is 1. The molecule has 20 heavy (non-hydrogen) atoms. The first-order chi connectivity index (χ1) is 9.54. The molecule has 0 amide bonds. The van der Waals surface area contributed by atoms with Crippen molar-refractivity contribution in [1.29, 1.82) is 0 Å². The maximum atomic E-state index is 5.80. The van der Waals surface area contributed by atoms with Crippen LogP contribution >= 0.6 is 0 Å². The van der Waals surface area contributed by atoms with E-state index >= 15 is 0 Å². The second kappa shape index (κ2) is 8.93. The highest BCUT2D eigenvalue weighted by molar-refractivity contribution is 5.35. The van der Waals surface area contributed by atoms with E-state index in [0.29, 0.717) is 13.2 Å². The maximum absolute atomic E-state index is 5.80. The lowest BCUT2D eigenvalue weighted by molar-refractivity contribution is 0.0539. The molecule has 1 aromatic rings. The van der Waals surface area contributed by atoms with Crippen molar-refractivity contribution in [2.75, 3.05) is 19.8 Å². The summed E-state index contributed by atoms with van der Waals surface area (Å²) in [6, 6.07) is 2.10. The van der Waals surface area contributed by atoms with Gasteiger partial charge in [0.1, 0.15) is 6.61 Å². The van der Waals surface area contributed by atoms with Gasteiger partial charge in [0.05, 0.1) is 12.7 Å². The molecule has 0 radical (unpaired) electrons. The van der Waals surface area contributed by atoms with E-state index in [9.17, 15) is 0 Å². The number of nitrogens with one attached hydrogen (secondary N) is 1. The molecule has 0 aromatic carbocycles. The molecular weight excluding hydrogens is 252 g/mol. The quantitative estimate of drug-likeness (QED) is 0.706. The first-order valence-electron chi connectivity index (χ1n) is 7.46. The van der Waals surface area contributed by atoms with E-state index in [0.717, 1.165) is 36.6 Å². The molecule has 0 saturated carbocycles. The summed E-state index contributed by atoms with van der Waals surface area (Å²) in [4.78, 5) is 4.51. The summed E-state index contributed by atoms with van der Waals surface area (Å²) in [5.74, 6) is 0.735. The Labute approximate surface area is 122 Å². The fourth-order valence-corrected chi connectivity index (χ4v) is 1.98. The van der Waals surface area contributed by atoms with Crippen LogP contribution in [0.15, 0.2) is 6.07 Å². The molecular formula is C16H28N2O2. The van der Waals surface area contributed by atoms with Crippen molar-refractivity contribution in [3.63, 3.8) is 0 Å². The van der Waals surface area contributed by atoms with Gasteiger partial charge < -0.3 is 14.8 Å². The van der Waals surface area contributed by atoms with Crippen LogP contribution in [0.25, 0.3) is 0 Å². The van der Waals surface area contributed by atoms with Crippen LogP contribution in [0.4, 0.5) is 0 Å². The molecule has 4 heteroatoms. The molecule has 1 rings (SSSR count). The smallest absolute Gasteiger partial charge is 0.218 e. The average molecular weight is 280 g/mol. The minimum atomic E-state index is 0.233. The standard InChI is InChI=1S/C16H28N2O2/c1-6-7-17-11-15-13(4)10-14(5)18-16(15)20-9-8-19-12(2)3/h10,12,17H,6-9,11H2,1-5H3. The Morgan fingerprint density at radius 1 is 1.25 bits per heavy atom. The van der Waals surface area contributed by atoms with Crippen molar-refractivity contribution in [2.45, 2.75) is 53.7 Å². The minimum absolute atomic E-state index is 0.233. The van der Waals surface area contributed by atoms with Crippen LogP contribution in [-0.2, 0) is 11.3 Å². The van der Waals surface area contributed by atoms with Gasteiger partial charge in [-0.05, 0) is 52.3 Å². The topological polar surface area (TPSA) is 43.4 Å². The first kappa shape index (κ1) is 16.9. The molecule has 1 heterocycles. The molecule has 4 nitrogen and oxygen atoms in total. The SMILES string of the molecule is CCCNCc1c(C)cc(C)nc1OCCOC(C)C. The number of ether oxygens (including phenoxy) is 2. The summed E-state index contributed by atoms with van der Waals surface area (Å²) in [6.07, 6.45) is 1.35. The molecule has 0 unspecified atom stereocenters. The zero-order valence-corrected chi connectivity index (χ0v) is 13.5. The number of hydrogen-bond acceptors (Lipinski definition) is 4.